The third-order valence-electron chi connectivity index (χ3n) is 5.29. The van der Waals surface area contributed by atoms with E-state index in [1.54, 1.807) is 42.9 Å². The first-order valence-electron chi connectivity index (χ1n) is 10.9. The van der Waals surface area contributed by atoms with Crippen LogP contribution in [0.15, 0.2) is 41.7 Å². The topological polar surface area (TPSA) is 91.5 Å². The van der Waals surface area contributed by atoms with E-state index >= 15 is 0 Å². The maximum absolute atomic E-state index is 13.7. The molecule has 0 saturated heterocycles. The van der Waals surface area contributed by atoms with Gasteiger partial charge in [0.15, 0.2) is 11.5 Å². The third kappa shape index (κ3) is 5.94. The molecule has 1 aromatic carbocycles. The van der Waals surface area contributed by atoms with Gasteiger partial charge in [-0.1, -0.05) is 19.9 Å². The molecule has 0 aliphatic carbocycles. The first-order valence-corrected chi connectivity index (χ1v) is 12.3. The summed E-state index contributed by atoms with van der Waals surface area (Å²) in [6, 6.07) is 5.62. The standard InChI is InChI=1S/C23H33N5O4S/c1-17(2)13-27-16-23(18(3)25-27)33(29,30)28(15-20-12-24-26(4)14-20)10-9-19-7-8-21(31-5)22(11-19)32-6/h7-8,11-12,14,16-17H,9-10,13,15H2,1-6H3. The number of aryl methyl sites for hydroxylation is 2. The van der Waals surface area contributed by atoms with Crippen LogP contribution in [0.1, 0.15) is 30.7 Å². The second kappa shape index (κ2) is 10.4. The molecule has 0 aliphatic rings. The normalized spacial score (nSPS) is 12.0. The van der Waals surface area contributed by atoms with E-state index in [1.807, 2.05) is 31.4 Å². The van der Waals surface area contributed by atoms with Gasteiger partial charge >= 0.3 is 0 Å². The number of hydrogen-bond donors (Lipinski definition) is 0. The molecule has 3 aromatic rings. The molecule has 9 nitrogen and oxygen atoms in total. The zero-order valence-electron chi connectivity index (χ0n) is 20.1. The minimum atomic E-state index is -3.78. The lowest BCUT2D eigenvalue weighted by molar-refractivity contribution is 0.354. The minimum absolute atomic E-state index is 0.220. The molecule has 33 heavy (non-hydrogen) atoms. The highest BCUT2D eigenvalue weighted by Gasteiger charge is 2.29. The third-order valence-corrected chi connectivity index (χ3v) is 7.23. The maximum atomic E-state index is 13.7. The Balaban J connectivity index is 1.90. The molecule has 2 aromatic heterocycles. The molecular formula is C23H33N5O4S. The van der Waals surface area contributed by atoms with E-state index < -0.39 is 10.0 Å². The number of ether oxygens (including phenoxy) is 2. The molecule has 0 N–H and O–H groups in total. The van der Waals surface area contributed by atoms with E-state index in [9.17, 15) is 8.42 Å². The fourth-order valence-corrected chi connectivity index (χ4v) is 5.29. The molecule has 0 unspecified atom stereocenters. The minimum Gasteiger partial charge on any atom is -0.493 e. The molecule has 2 heterocycles. The number of sulfonamides is 1. The second-order valence-corrected chi connectivity index (χ2v) is 10.4. The Morgan fingerprint density at radius 3 is 2.42 bits per heavy atom. The summed E-state index contributed by atoms with van der Waals surface area (Å²) in [6.45, 7) is 7.05. The number of nitrogens with zero attached hydrogens (tertiary/aromatic N) is 5. The Bertz CT molecular complexity index is 1180. The summed E-state index contributed by atoms with van der Waals surface area (Å²) in [6.07, 6.45) is 5.66. The Morgan fingerprint density at radius 2 is 1.82 bits per heavy atom. The van der Waals surface area contributed by atoms with Gasteiger partial charge in [0.1, 0.15) is 4.90 Å². The van der Waals surface area contributed by atoms with Gasteiger partial charge in [0.2, 0.25) is 10.0 Å². The van der Waals surface area contributed by atoms with Gasteiger partial charge in [-0.05, 0) is 37.0 Å². The van der Waals surface area contributed by atoms with Crippen LogP contribution in [0.5, 0.6) is 11.5 Å². The van der Waals surface area contributed by atoms with Crippen molar-refractivity contribution < 1.29 is 17.9 Å². The fraction of sp³-hybridized carbons (Fsp3) is 0.478. The molecule has 0 bridgehead atoms. The maximum Gasteiger partial charge on any atom is 0.246 e. The van der Waals surface area contributed by atoms with Crippen LogP contribution in [-0.2, 0) is 36.6 Å². The highest BCUT2D eigenvalue weighted by molar-refractivity contribution is 7.89. The molecule has 180 valence electrons. The Labute approximate surface area is 196 Å². The lowest BCUT2D eigenvalue weighted by atomic mass is 10.1. The van der Waals surface area contributed by atoms with Gasteiger partial charge in [0.05, 0.1) is 26.1 Å². The Morgan fingerprint density at radius 1 is 1.09 bits per heavy atom. The zero-order chi connectivity index (χ0) is 24.2. The predicted octanol–water partition coefficient (Wildman–Crippen LogP) is 3.03. The van der Waals surface area contributed by atoms with Crippen molar-refractivity contribution in [3.8, 4) is 11.5 Å². The molecule has 0 amide bonds. The molecule has 0 spiro atoms. The molecule has 10 heteroatoms. The second-order valence-electron chi connectivity index (χ2n) is 8.49. The summed E-state index contributed by atoms with van der Waals surface area (Å²) in [4.78, 5) is 0.236. The van der Waals surface area contributed by atoms with E-state index in [2.05, 4.69) is 24.0 Å². The lowest BCUT2D eigenvalue weighted by Crippen LogP contribution is -2.32. The highest BCUT2D eigenvalue weighted by Crippen LogP contribution is 2.28. The van der Waals surface area contributed by atoms with Gasteiger partial charge in [0.25, 0.3) is 0 Å². The molecule has 0 saturated carbocycles. The summed E-state index contributed by atoms with van der Waals surface area (Å²) in [5.41, 5.74) is 2.27. The average molecular weight is 476 g/mol. The van der Waals surface area contributed by atoms with Crippen molar-refractivity contribution in [2.45, 2.75) is 45.2 Å². The number of rotatable bonds is 11. The summed E-state index contributed by atoms with van der Waals surface area (Å²) < 4.78 is 43.0. The van der Waals surface area contributed by atoms with E-state index in [0.717, 1.165) is 11.1 Å². The largest absolute Gasteiger partial charge is 0.493 e. The van der Waals surface area contributed by atoms with Gasteiger partial charge in [-0.2, -0.15) is 14.5 Å². The van der Waals surface area contributed by atoms with Gasteiger partial charge in [-0.15, -0.1) is 0 Å². The van der Waals surface area contributed by atoms with Crippen LogP contribution < -0.4 is 9.47 Å². The van der Waals surface area contributed by atoms with Gasteiger partial charge in [0, 0.05) is 44.6 Å². The van der Waals surface area contributed by atoms with E-state index in [4.69, 9.17) is 9.47 Å². The van der Waals surface area contributed by atoms with Crippen LogP contribution in [0.3, 0.4) is 0 Å². The van der Waals surface area contributed by atoms with Crippen molar-refractivity contribution in [1.82, 2.24) is 23.9 Å². The molecule has 0 radical (unpaired) electrons. The van der Waals surface area contributed by atoms with Crippen LogP contribution in [-0.4, -0.2) is 53.0 Å². The number of aromatic nitrogens is 4. The monoisotopic (exact) mass is 475 g/mol. The number of benzene rings is 1. The van der Waals surface area contributed by atoms with Crippen molar-refractivity contribution in [2.24, 2.45) is 13.0 Å². The van der Waals surface area contributed by atoms with E-state index in [-0.39, 0.29) is 11.4 Å². The van der Waals surface area contributed by atoms with Crippen LogP contribution >= 0.6 is 0 Å². The van der Waals surface area contributed by atoms with Crippen molar-refractivity contribution >= 4 is 10.0 Å². The Hall–Kier alpha value is -2.85. The molecular weight excluding hydrogens is 442 g/mol. The van der Waals surface area contributed by atoms with Gasteiger partial charge < -0.3 is 9.47 Å². The molecule has 3 rings (SSSR count). The molecule has 0 fully saturated rings. The summed E-state index contributed by atoms with van der Waals surface area (Å²) in [5, 5.41) is 8.62. The van der Waals surface area contributed by atoms with Crippen molar-refractivity contribution in [2.75, 3.05) is 20.8 Å². The summed E-state index contributed by atoms with van der Waals surface area (Å²) in [7, 11) is 1.20. The van der Waals surface area contributed by atoms with Crippen LogP contribution in [0, 0.1) is 12.8 Å². The van der Waals surface area contributed by atoms with E-state index in [1.165, 1.54) is 4.31 Å². The van der Waals surface area contributed by atoms with Crippen LogP contribution in [0.4, 0.5) is 0 Å². The molecule has 0 aliphatic heterocycles. The Kier molecular flexibility index (Phi) is 7.80. The SMILES string of the molecule is COc1ccc(CCN(Cc2cnn(C)c2)S(=O)(=O)c2cn(CC(C)C)nc2C)cc1OC. The van der Waals surface area contributed by atoms with Crippen molar-refractivity contribution in [3.05, 3.63) is 53.6 Å². The highest BCUT2D eigenvalue weighted by atomic mass is 32.2. The lowest BCUT2D eigenvalue weighted by Gasteiger charge is -2.21. The van der Waals surface area contributed by atoms with Crippen molar-refractivity contribution in [3.63, 3.8) is 0 Å². The molecule has 0 atom stereocenters. The van der Waals surface area contributed by atoms with Crippen LogP contribution in [0.2, 0.25) is 0 Å². The predicted molar refractivity (Wildman–Crippen MR) is 126 cm³/mol. The van der Waals surface area contributed by atoms with Gasteiger partial charge in [-0.3, -0.25) is 9.36 Å². The first kappa shape index (κ1) is 24.8. The first-order chi connectivity index (χ1) is 15.6. The fourth-order valence-electron chi connectivity index (χ4n) is 3.69. The number of methoxy groups -OCH3 is 2. The average Bonchev–Trinajstić information content (AvgIpc) is 3.35. The summed E-state index contributed by atoms with van der Waals surface area (Å²) in [5.74, 6) is 1.60. The zero-order valence-corrected chi connectivity index (χ0v) is 21.0. The smallest absolute Gasteiger partial charge is 0.246 e. The number of hydrogen-bond acceptors (Lipinski definition) is 6. The summed E-state index contributed by atoms with van der Waals surface area (Å²) >= 11 is 0. The van der Waals surface area contributed by atoms with Gasteiger partial charge in [-0.25, -0.2) is 8.42 Å². The van der Waals surface area contributed by atoms with Crippen molar-refractivity contribution in [1.29, 1.82) is 0 Å². The van der Waals surface area contributed by atoms with E-state index in [0.29, 0.717) is 42.6 Å². The quantitative estimate of drug-likeness (QED) is 0.423. The van der Waals surface area contributed by atoms with Crippen LogP contribution in [0.25, 0.3) is 0 Å².